The molecule has 1 unspecified atom stereocenters. The highest BCUT2D eigenvalue weighted by atomic mass is 16.2. The molecule has 1 heterocycles. The SMILES string of the molecule is CCCC1NC(=O)C(C)(C)N(C2CCCC2)C1=O. The van der Waals surface area contributed by atoms with E-state index in [0.29, 0.717) is 0 Å². The van der Waals surface area contributed by atoms with Crippen molar-refractivity contribution in [3.8, 4) is 0 Å². The Bertz CT molecular complexity index is 346. The molecular formula is C14H24N2O2. The van der Waals surface area contributed by atoms with E-state index in [9.17, 15) is 9.59 Å². The molecule has 1 aliphatic carbocycles. The van der Waals surface area contributed by atoms with Crippen LogP contribution in [0.25, 0.3) is 0 Å². The van der Waals surface area contributed by atoms with Crippen LogP contribution in [0.15, 0.2) is 0 Å². The van der Waals surface area contributed by atoms with Crippen molar-refractivity contribution >= 4 is 11.8 Å². The molecule has 0 aromatic rings. The summed E-state index contributed by atoms with van der Waals surface area (Å²) < 4.78 is 0. The number of nitrogens with one attached hydrogen (secondary N) is 1. The van der Waals surface area contributed by atoms with Gasteiger partial charge in [-0.05, 0) is 33.1 Å². The zero-order valence-corrected chi connectivity index (χ0v) is 11.7. The second-order valence-corrected chi connectivity index (χ2v) is 6.02. The lowest BCUT2D eigenvalue weighted by Crippen LogP contribution is -2.70. The van der Waals surface area contributed by atoms with Crippen molar-refractivity contribution in [2.24, 2.45) is 0 Å². The largest absolute Gasteiger partial charge is 0.342 e. The first-order chi connectivity index (χ1) is 8.48. The molecule has 2 rings (SSSR count). The highest BCUT2D eigenvalue weighted by Crippen LogP contribution is 2.32. The Labute approximate surface area is 109 Å². The van der Waals surface area contributed by atoms with Gasteiger partial charge in [-0.1, -0.05) is 26.2 Å². The number of hydrogen-bond acceptors (Lipinski definition) is 2. The first-order valence-corrected chi connectivity index (χ1v) is 7.12. The van der Waals surface area contributed by atoms with E-state index in [1.165, 1.54) is 12.8 Å². The Hall–Kier alpha value is -1.06. The van der Waals surface area contributed by atoms with Crippen LogP contribution in [0, 0.1) is 0 Å². The standard InChI is InChI=1S/C14H24N2O2/c1-4-7-11-12(17)16(10-8-5-6-9-10)14(2,3)13(18)15-11/h10-11H,4-9H2,1-3H3,(H,15,18). The van der Waals surface area contributed by atoms with Crippen molar-refractivity contribution in [2.45, 2.75) is 76.9 Å². The van der Waals surface area contributed by atoms with Crippen molar-refractivity contribution in [3.05, 3.63) is 0 Å². The molecule has 1 atom stereocenters. The Balaban J connectivity index is 2.25. The van der Waals surface area contributed by atoms with Gasteiger partial charge in [0.25, 0.3) is 0 Å². The van der Waals surface area contributed by atoms with E-state index in [0.717, 1.165) is 25.7 Å². The predicted octanol–water partition coefficient (Wildman–Crippen LogP) is 1.83. The summed E-state index contributed by atoms with van der Waals surface area (Å²) in [6.45, 7) is 5.76. The van der Waals surface area contributed by atoms with Crippen LogP contribution < -0.4 is 5.32 Å². The van der Waals surface area contributed by atoms with Gasteiger partial charge in [-0.25, -0.2) is 0 Å². The summed E-state index contributed by atoms with van der Waals surface area (Å²) in [6, 6.07) is -0.0472. The zero-order valence-electron chi connectivity index (χ0n) is 11.7. The summed E-state index contributed by atoms with van der Waals surface area (Å²) in [5.74, 6) is 0.112. The van der Waals surface area contributed by atoms with Crippen LogP contribution in [0.2, 0.25) is 0 Å². The molecular weight excluding hydrogens is 228 g/mol. The predicted molar refractivity (Wildman–Crippen MR) is 70.0 cm³/mol. The number of amides is 2. The van der Waals surface area contributed by atoms with E-state index in [4.69, 9.17) is 0 Å². The van der Waals surface area contributed by atoms with E-state index < -0.39 is 5.54 Å². The minimum atomic E-state index is -0.698. The number of carbonyl (C=O) groups excluding carboxylic acids is 2. The molecule has 18 heavy (non-hydrogen) atoms. The molecule has 0 aromatic heterocycles. The van der Waals surface area contributed by atoms with E-state index in [-0.39, 0.29) is 23.9 Å². The topological polar surface area (TPSA) is 49.4 Å². The van der Waals surface area contributed by atoms with Gasteiger partial charge < -0.3 is 10.2 Å². The highest BCUT2D eigenvalue weighted by molar-refractivity contribution is 5.99. The normalized spacial score (nSPS) is 28.6. The summed E-state index contributed by atoms with van der Waals surface area (Å²) in [5.41, 5.74) is -0.698. The Kier molecular flexibility index (Phi) is 3.64. The summed E-state index contributed by atoms with van der Waals surface area (Å²) >= 11 is 0. The molecule has 4 heteroatoms. The van der Waals surface area contributed by atoms with Gasteiger partial charge in [0.15, 0.2) is 0 Å². The Morgan fingerprint density at radius 3 is 2.44 bits per heavy atom. The molecule has 2 fully saturated rings. The van der Waals surface area contributed by atoms with Gasteiger partial charge in [-0.2, -0.15) is 0 Å². The van der Waals surface area contributed by atoms with Crippen LogP contribution in [-0.2, 0) is 9.59 Å². The maximum atomic E-state index is 12.6. The molecule has 1 saturated heterocycles. The van der Waals surface area contributed by atoms with E-state index in [2.05, 4.69) is 5.32 Å². The van der Waals surface area contributed by atoms with Crippen LogP contribution in [0.1, 0.15) is 59.3 Å². The van der Waals surface area contributed by atoms with Crippen LogP contribution in [-0.4, -0.2) is 34.3 Å². The third-order valence-corrected chi connectivity index (χ3v) is 4.27. The molecule has 2 aliphatic rings. The fourth-order valence-corrected chi connectivity index (χ4v) is 3.23. The molecule has 1 saturated carbocycles. The van der Waals surface area contributed by atoms with Crippen LogP contribution in [0.5, 0.6) is 0 Å². The van der Waals surface area contributed by atoms with Crippen molar-refractivity contribution in [3.63, 3.8) is 0 Å². The molecule has 2 amide bonds. The van der Waals surface area contributed by atoms with Gasteiger partial charge in [0, 0.05) is 6.04 Å². The number of piperazine rings is 1. The van der Waals surface area contributed by atoms with Crippen molar-refractivity contribution in [1.82, 2.24) is 10.2 Å². The van der Waals surface area contributed by atoms with E-state index in [1.807, 2.05) is 25.7 Å². The van der Waals surface area contributed by atoms with Gasteiger partial charge in [0.05, 0.1) is 0 Å². The lowest BCUT2D eigenvalue weighted by molar-refractivity contribution is -0.158. The maximum Gasteiger partial charge on any atom is 0.246 e. The van der Waals surface area contributed by atoms with Gasteiger partial charge in [-0.3, -0.25) is 9.59 Å². The molecule has 0 aromatic carbocycles. The van der Waals surface area contributed by atoms with Crippen molar-refractivity contribution < 1.29 is 9.59 Å². The number of carbonyl (C=O) groups is 2. The van der Waals surface area contributed by atoms with E-state index >= 15 is 0 Å². The summed E-state index contributed by atoms with van der Waals surface area (Å²) in [4.78, 5) is 26.7. The summed E-state index contributed by atoms with van der Waals surface area (Å²) in [6.07, 6.45) is 6.08. The molecule has 4 nitrogen and oxygen atoms in total. The fourth-order valence-electron chi connectivity index (χ4n) is 3.23. The Morgan fingerprint density at radius 1 is 1.28 bits per heavy atom. The minimum Gasteiger partial charge on any atom is -0.342 e. The summed E-state index contributed by atoms with van der Waals surface area (Å²) in [5, 5.41) is 2.88. The van der Waals surface area contributed by atoms with Crippen molar-refractivity contribution in [1.29, 1.82) is 0 Å². The Morgan fingerprint density at radius 2 is 1.89 bits per heavy atom. The number of hydrogen-bond donors (Lipinski definition) is 1. The van der Waals surface area contributed by atoms with Crippen LogP contribution >= 0.6 is 0 Å². The van der Waals surface area contributed by atoms with Gasteiger partial charge in [0.2, 0.25) is 11.8 Å². The highest BCUT2D eigenvalue weighted by Gasteiger charge is 2.48. The monoisotopic (exact) mass is 252 g/mol. The first-order valence-electron chi connectivity index (χ1n) is 7.12. The second-order valence-electron chi connectivity index (χ2n) is 6.02. The van der Waals surface area contributed by atoms with E-state index in [1.54, 1.807) is 0 Å². The lowest BCUT2D eigenvalue weighted by Gasteiger charge is -2.47. The van der Waals surface area contributed by atoms with Gasteiger partial charge in [0.1, 0.15) is 11.6 Å². The summed E-state index contributed by atoms with van der Waals surface area (Å²) in [7, 11) is 0. The third-order valence-electron chi connectivity index (χ3n) is 4.27. The molecule has 102 valence electrons. The molecule has 1 aliphatic heterocycles. The first kappa shape index (κ1) is 13.4. The average Bonchev–Trinajstić information content (AvgIpc) is 2.80. The van der Waals surface area contributed by atoms with Crippen LogP contribution in [0.4, 0.5) is 0 Å². The quantitative estimate of drug-likeness (QED) is 0.833. The van der Waals surface area contributed by atoms with Crippen molar-refractivity contribution in [2.75, 3.05) is 0 Å². The van der Waals surface area contributed by atoms with Gasteiger partial charge in [-0.15, -0.1) is 0 Å². The van der Waals surface area contributed by atoms with Crippen LogP contribution in [0.3, 0.4) is 0 Å². The molecule has 1 N–H and O–H groups in total. The fraction of sp³-hybridized carbons (Fsp3) is 0.857. The molecule has 0 bridgehead atoms. The zero-order chi connectivity index (χ0) is 13.3. The number of rotatable bonds is 3. The number of nitrogens with zero attached hydrogens (tertiary/aromatic N) is 1. The third kappa shape index (κ3) is 2.13. The molecule has 0 radical (unpaired) electrons. The lowest BCUT2D eigenvalue weighted by atomic mass is 9.91. The molecule has 0 spiro atoms. The smallest absolute Gasteiger partial charge is 0.246 e. The maximum absolute atomic E-state index is 12.6. The average molecular weight is 252 g/mol. The minimum absolute atomic E-state index is 0.00699. The van der Waals surface area contributed by atoms with Gasteiger partial charge >= 0.3 is 0 Å². The second kappa shape index (κ2) is 4.90.